The molecule has 0 spiro atoms. The Morgan fingerprint density at radius 1 is 1.03 bits per heavy atom. The summed E-state index contributed by atoms with van der Waals surface area (Å²) in [7, 11) is 0. The van der Waals surface area contributed by atoms with Gasteiger partial charge >= 0.3 is 0 Å². The second-order valence-corrected chi connectivity index (χ2v) is 9.26. The molecule has 2 N–H and O–H groups in total. The number of nitrogens with one attached hydrogen (secondary N) is 2. The van der Waals surface area contributed by atoms with Gasteiger partial charge in [0.1, 0.15) is 17.1 Å². The number of hydrogen-bond acceptors (Lipinski definition) is 7. The van der Waals surface area contributed by atoms with Crippen LogP contribution < -0.4 is 15.4 Å². The van der Waals surface area contributed by atoms with Gasteiger partial charge in [-0.1, -0.05) is 73.7 Å². The Morgan fingerprint density at radius 2 is 1.82 bits per heavy atom. The third-order valence-corrected chi connectivity index (χ3v) is 6.45. The molecule has 3 heterocycles. The number of hydrogen-bond donors (Lipinski definition) is 2. The molecule has 0 saturated carbocycles. The molecule has 33 heavy (non-hydrogen) atoms. The molecule has 1 atom stereocenters. The maximum atomic E-state index is 13.3. The molecule has 4 aromatic rings. The van der Waals surface area contributed by atoms with E-state index in [0.717, 1.165) is 16.7 Å². The first-order chi connectivity index (χ1) is 16.0. The first kappa shape index (κ1) is 21.1. The Bertz CT molecular complexity index is 1280. The smallest absolute Gasteiger partial charge is 0.232 e. The molecule has 2 aromatic carbocycles. The lowest BCUT2D eigenvalue weighted by atomic mass is 9.70. The summed E-state index contributed by atoms with van der Waals surface area (Å²) in [6.07, 6.45) is 0. The van der Waals surface area contributed by atoms with Crippen molar-refractivity contribution in [3.05, 3.63) is 88.9 Å². The highest BCUT2D eigenvalue weighted by Gasteiger charge is 2.44. The fraction of sp³-hybridized carbons (Fsp3) is 0.200. The van der Waals surface area contributed by atoms with Crippen LogP contribution in [0.15, 0.2) is 72.2 Å². The monoisotopic (exact) mass is 457 g/mol. The van der Waals surface area contributed by atoms with Gasteiger partial charge in [0.15, 0.2) is 0 Å². The predicted octanol–water partition coefficient (Wildman–Crippen LogP) is 5.45. The van der Waals surface area contributed by atoms with Gasteiger partial charge in [-0.05, 0) is 23.8 Å². The van der Waals surface area contributed by atoms with Crippen LogP contribution in [-0.4, -0.2) is 21.1 Å². The topological polar surface area (TPSA) is 89.0 Å². The third kappa shape index (κ3) is 4.17. The first-order valence-electron chi connectivity index (χ1n) is 10.7. The summed E-state index contributed by atoms with van der Waals surface area (Å²) in [4.78, 5) is 18.1. The molecular weight excluding hydrogens is 434 g/mol. The van der Waals surface area contributed by atoms with Gasteiger partial charge in [-0.2, -0.15) is 4.98 Å². The summed E-state index contributed by atoms with van der Waals surface area (Å²) < 4.78 is 6.18. The van der Waals surface area contributed by atoms with E-state index in [1.165, 1.54) is 11.3 Å². The Labute approximate surface area is 195 Å². The van der Waals surface area contributed by atoms with Crippen LogP contribution in [0.4, 0.5) is 10.9 Å². The van der Waals surface area contributed by atoms with E-state index in [1.54, 1.807) is 5.51 Å². The number of amides is 1. The van der Waals surface area contributed by atoms with E-state index in [-0.39, 0.29) is 11.8 Å². The molecule has 166 valence electrons. The molecule has 7 nitrogen and oxygen atoms in total. The van der Waals surface area contributed by atoms with E-state index >= 15 is 0 Å². The number of para-hydroxylation sites is 1. The van der Waals surface area contributed by atoms with Crippen molar-refractivity contribution in [2.75, 3.05) is 10.6 Å². The van der Waals surface area contributed by atoms with Crippen LogP contribution in [0.5, 0.6) is 11.6 Å². The number of anilines is 2. The van der Waals surface area contributed by atoms with Crippen molar-refractivity contribution in [2.24, 2.45) is 5.41 Å². The van der Waals surface area contributed by atoms with Crippen LogP contribution >= 0.6 is 11.3 Å². The molecule has 0 unspecified atom stereocenters. The molecule has 0 saturated heterocycles. The molecule has 1 aliphatic heterocycles. The van der Waals surface area contributed by atoms with Crippen molar-refractivity contribution in [3.63, 3.8) is 0 Å². The summed E-state index contributed by atoms with van der Waals surface area (Å²) in [5, 5.41) is 14.5. The summed E-state index contributed by atoms with van der Waals surface area (Å²) in [6, 6.07) is 21.9. The van der Waals surface area contributed by atoms with Gasteiger partial charge in [0.05, 0.1) is 5.41 Å². The minimum Gasteiger partial charge on any atom is -0.438 e. The number of pyridine rings is 1. The van der Waals surface area contributed by atoms with Gasteiger partial charge < -0.3 is 15.4 Å². The molecule has 8 heteroatoms. The molecule has 2 aromatic heterocycles. The molecule has 0 aliphatic carbocycles. The zero-order valence-electron chi connectivity index (χ0n) is 18.3. The van der Waals surface area contributed by atoms with E-state index in [1.807, 2.05) is 68.4 Å². The van der Waals surface area contributed by atoms with Crippen molar-refractivity contribution in [2.45, 2.75) is 26.3 Å². The average Bonchev–Trinajstić information content (AvgIpc) is 3.34. The summed E-state index contributed by atoms with van der Waals surface area (Å²) in [6.45, 7) is 4.52. The fourth-order valence-corrected chi connectivity index (χ4v) is 4.56. The zero-order chi connectivity index (χ0) is 22.8. The second-order valence-electron chi connectivity index (χ2n) is 8.42. The van der Waals surface area contributed by atoms with Crippen LogP contribution in [0.3, 0.4) is 0 Å². The molecular formula is C25H23N5O2S. The first-order valence-corrected chi connectivity index (χ1v) is 11.5. The normalized spacial score (nSPS) is 14.5. The fourth-order valence-electron chi connectivity index (χ4n) is 4.12. The molecule has 0 radical (unpaired) electrons. The number of carbonyl (C=O) groups is 1. The Morgan fingerprint density at radius 3 is 2.61 bits per heavy atom. The summed E-state index contributed by atoms with van der Waals surface area (Å²) in [5.74, 6) is 1.54. The van der Waals surface area contributed by atoms with Crippen LogP contribution in [0, 0.1) is 5.41 Å². The highest BCUT2D eigenvalue weighted by atomic mass is 32.1. The molecule has 1 aliphatic rings. The predicted molar refractivity (Wildman–Crippen MR) is 129 cm³/mol. The van der Waals surface area contributed by atoms with Gasteiger partial charge in [0, 0.05) is 23.6 Å². The SMILES string of the molecule is CC(C)(C(=O)Nc1nncs1)[C@H]1c2ccccc2Oc2nc(NCc3ccccc3)ccc21. The van der Waals surface area contributed by atoms with Gasteiger partial charge in [-0.25, -0.2) is 0 Å². The van der Waals surface area contributed by atoms with Crippen molar-refractivity contribution >= 4 is 28.2 Å². The van der Waals surface area contributed by atoms with Gasteiger partial charge in [0.25, 0.3) is 0 Å². The summed E-state index contributed by atoms with van der Waals surface area (Å²) >= 11 is 1.29. The van der Waals surface area contributed by atoms with Crippen molar-refractivity contribution in [1.29, 1.82) is 0 Å². The molecule has 1 amide bonds. The lowest BCUT2D eigenvalue weighted by Gasteiger charge is -2.37. The van der Waals surface area contributed by atoms with Crippen molar-refractivity contribution in [1.82, 2.24) is 15.2 Å². The maximum Gasteiger partial charge on any atom is 0.232 e. The number of ether oxygens (including phenoxy) is 1. The Kier molecular flexibility index (Phi) is 5.51. The minimum atomic E-state index is -0.805. The Balaban J connectivity index is 1.48. The van der Waals surface area contributed by atoms with Crippen LogP contribution in [0.25, 0.3) is 0 Å². The number of aromatic nitrogens is 3. The van der Waals surface area contributed by atoms with Gasteiger partial charge in [0.2, 0.25) is 16.9 Å². The van der Waals surface area contributed by atoms with Gasteiger partial charge in [-0.3, -0.25) is 4.79 Å². The number of rotatable bonds is 6. The quantitative estimate of drug-likeness (QED) is 0.400. The van der Waals surface area contributed by atoms with Crippen molar-refractivity contribution < 1.29 is 9.53 Å². The summed E-state index contributed by atoms with van der Waals surface area (Å²) in [5.41, 5.74) is 3.78. The Hall–Kier alpha value is -3.78. The molecule has 0 fully saturated rings. The molecule has 0 bridgehead atoms. The van der Waals surface area contributed by atoms with E-state index in [0.29, 0.717) is 29.1 Å². The average molecular weight is 458 g/mol. The number of nitrogens with zero attached hydrogens (tertiary/aromatic N) is 3. The number of benzene rings is 2. The standard InChI is InChI=1S/C25H23N5O2S/c1-25(2,23(31)29-24-30-27-15-33-24)21-17-10-6-7-11-19(17)32-22-18(21)12-13-20(28-22)26-14-16-8-4-3-5-9-16/h3-13,15,21H,14H2,1-2H3,(H,26,28)(H,29,30,31)/t21-/m0/s1. The minimum absolute atomic E-state index is 0.141. The zero-order valence-corrected chi connectivity index (χ0v) is 19.1. The lowest BCUT2D eigenvalue weighted by molar-refractivity contribution is -0.124. The van der Waals surface area contributed by atoms with E-state index < -0.39 is 5.41 Å². The largest absolute Gasteiger partial charge is 0.438 e. The number of carbonyl (C=O) groups excluding carboxylic acids is 1. The van der Waals surface area contributed by atoms with Crippen LogP contribution in [0.1, 0.15) is 36.5 Å². The highest BCUT2D eigenvalue weighted by Crippen LogP contribution is 2.51. The maximum absolute atomic E-state index is 13.3. The van der Waals surface area contributed by atoms with E-state index in [4.69, 9.17) is 9.72 Å². The lowest BCUT2D eigenvalue weighted by Crippen LogP contribution is -2.38. The third-order valence-electron chi connectivity index (χ3n) is 5.84. The van der Waals surface area contributed by atoms with Gasteiger partial charge in [-0.15, -0.1) is 10.2 Å². The highest BCUT2D eigenvalue weighted by molar-refractivity contribution is 7.13. The van der Waals surface area contributed by atoms with Crippen LogP contribution in [-0.2, 0) is 11.3 Å². The second kappa shape index (κ2) is 8.63. The number of fused-ring (bicyclic) bond motifs is 2. The van der Waals surface area contributed by atoms with Crippen LogP contribution in [0.2, 0.25) is 0 Å². The van der Waals surface area contributed by atoms with E-state index in [9.17, 15) is 4.79 Å². The van der Waals surface area contributed by atoms with E-state index in [2.05, 4.69) is 33.0 Å². The molecule has 5 rings (SSSR count). The van der Waals surface area contributed by atoms with Crippen molar-refractivity contribution in [3.8, 4) is 11.6 Å².